The molecule has 0 bridgehead atoms. The second-order valence-electron chi connectivity index (χ2n) is 5.79. The third-order valence-corrected chi connectivity index (χ3v) is 4.09. The molecule has 0 aliphatic heterocycles. The highest BCUT2D eigenvalue weighted by atomic mass is 19.1. The Hall–Kier alpha value is -2.69. The number of fused-ring (bicyclic) bond motifs is 1. The molecule has 0 atom stereocenters. The van der Waals surface area contributed by atoms with Crippen LogP contribution in [-0.4, -0.2) is 17.4 Å². The second kappa shape index (κ2) is 6.83. The van der Waals surface area contributed by atoms with E-state index < -0.39 is 0 Å². The van der Waals surface area contributed by atoms with E-state index in [1.54, 1.807) is 24.3 Å². The molecule has 0 saturated carbocycles. The SMILES string of the molecule is Cc1[nH]c2ccc(F)cc2c1CC(=O)NCCc1ccccc1F. The number of hydrogen-bond donors (Lipinski definition) is 2. The van der Waals surface area contributed by atoms with Crippen LogP contribution in [0, 0.1) is 18.6 Å². The van der Waals surface area contributed by atoms with Crippen molar-refractivity contribution in [2.24, 2.45) is 0 Å². The zero-order chi connectivity index (χ0) is 17.1. The Morgan fingerprint density at radius 1 is 1.17 bits per heavy atom. The Morgan fingerprint density at radius 3 is 2.75 bits per heavy atom. The molecule has 2 aromatic carbocycles. The van der Waals surface area contributed by atoms with Crippen molar-refractivity contribution in [3.05, 3.63) is 70.9 Å². The van der Waals surface area contributed by atoms with Crippen molar-refractivity contribution in [2.45, 2.75) is 19.8 Å². The van der Waals surface area contributed by atoms with Gasteiger partial charge in [0.05, 0.1) is 6.42 Å². The fraction of sp³-hybridized carbons (Fsp3) is 0.211. The van der Waals surface area contributed by atoms with Crippen molar-refractivity contribution in [1.82, 2.24) is 10.3 Å². The number of carbonyl (C=O) groups is 1. The van der Waals surface area contributed by atoms with Crippen LogP contribution >= 0.6 is 0 Å². The molecule has 3 aromatic rings. The number of aromatic nitrogens is 1. The fourth-order valence-corrected chi connectivity index (χ4v) is 2.84. The van der Waals surface area contributed by atoms with Crippen molar-refractivity contribution in [1.29, 1.82) is 0 Å². The van der Waals surface area contributed by atoms with Gasteiger partial charge in [-0.05, 0) is 48.7 Å². The highest BCUT2D eigenvalue weighted by Crippen LogP contribution is 2.23. The van der Waals surface area contributed by atoms with Gasteiger partial charge in [0.25, 0.3) is 0 Å². The molecule has 0 spiro atoms. The van der Waals surface area contributed by atoms with Gasteiger partial charge in [0.1, 0.15) is 11.6 Å². The van der Waals surface area contributed by atoms with Crippen LogP contribution < -0.4 is 5.32 Å². The molecule has 3 rings (SSSR count). The standard InChI is InChI=1S/C19H18F2N2O/c1-12-15(16-10-14(20)6-7-18(16)23-12)11-19(24)22-9-8-13-4-2-3-5-17(13)21/h2-7,10,23H,8-9,11H2,1H3,(H,22,24). The van der Waals surface area contributed by atoms with Gasteiger partial charge in [-0.25, -0.2) is 8.78 Å². The number of aryl methyl sites for hydroxylation is 1. The zero-order valence-corrected chi connectivity index (χ0v) is 13.3. The highest BCUT2D eigenvalue weighted by molar-refractivity contribution is 5.90. The Morgan fingerprint density at radius 2 is 1.96 bits per heavy atom. The van der Waals surface area contributed by atoms with Crippen LogP contribution in [0.1, 0.15) is 16.8 Å². The van der Waals surface area contributed by atoms with Crippen LogP contribution in [0.3, 0.4) is 0 Å². The predicted molar refractivity (Wildman–Crippen MR) is 89.8 cm³/mol. The zero-order valence-electron chi connectivity index (χ0n) is 13.3. The number of H-pyrrole nitrogens is 1. The van der Waals surface area contributed by atoms with Crippen molar-refractivity contribution in [3.63, 3.8) is 0 Å². The summed E-state index contributed by atoms with van der Waals surface area (Å²) in [5.74, 6) is -0.767. The van der Waals surface area contributed by atoms with Crippen LogP contribution in [-0.2, 0) is 17.6 Å². The van der Waals surface area contributed by atoms with Crippen LogP contribution in [0.15, 0.2) is 42.5 Å². The van der Waals surface area contributed by atoms with Gasteiger partial charge >= 0.3 is 0 Å². The molecule has 3 nitrogen and oxygen atoms in total. The number of rotatable bonds is 5. The minimum atomic E-state index is -0.331. The molecule has 1 amide bonds. The summed E-state index contributed by atoms with van der Waals surface area (Å²) in [4.78, 5) is 15.3. The van der Waals surface area contributed by atoms with Gasteiger partial charge in [-0.15, -0.1) is 0 Å². The molecule has 0 saturated heterocycles. The molecule has 0 aliphatic rings. The monoisotopic (exact) mass is 328 g/mol. The summed E-state index contributed by atoms with van der Waals surface area (Å²) in [7, 11) is 0. The normalized spacial score (nSPS) is 11.0. The quantitative estimate of drug-likeness (QED) is 0.738. The molecular weight excluding hydrogens is 310 g/mol. The lowest BCUT2D eigenvalue weighted by molar-refractivity contribution is -0.120. The first-order chi connectivity index (χ1) is 11.5. The molecule has 2 N–H and O–H groups in total. The van der Waals surface area contributed by atoms with E-state index in [0.29, 0.717) is 18.5 Å². The van der Waals surface area contributed by atoms with Gasteiger partial charge in [0.2, 0.25) is 5.91 Å². The van der Waals surface area contributed by atoms with Crippen molar-refractivity contribution < 1.29 is 13.6 Å². The predicted octanol–water partition coefficient (Wildman–Crippen LogP) is 3.66. The van der Waals surface area contributed by atoms with E-state index in [0.717, 1.165) is 22.2 Å². The number of nitrogens with one attached hydrogen (secondary N) is 2. The molecule has 0 fully saturated rings. The van der Waals surface area contributed by atoms with E-state index in [2.05, 4.69) is 10.3 Å². The van der Waals surface area contributed by atoms with Gasteiger partial charge in [-0.3, -0.25) is 4.79 Å². The van der Waals surface area contributed by atoms with Crippen LogP contribution in [0.4, 0.5) is 8.78 Å². The first-order valence-corrected chi connectivity index (χ1v) is 7.81. The van der Waals surface area contributed by atoms with Crippen molar-refractivity contribution >= 4 is 16.8 Å². The lowest BCUT2D eigenvalue weighted by Gasteiger charge is -2.07. The maximum absolute atomic E-state index is 13.5. The number of amides is 1. The average molecular weight is 328 g/mol. The Bertz CT molecular complexity index is 886. The number of carbonyl (C=O) groups excluding carboxylic acids is 1. The summed E-state index contributed by atoms with van der Waals surface area (Å²) in [6.45, 7) is 2.22. The van der Waals surface area contributed by atoms with E-state index in [1.165, 1.54) is 18.2 Å². The molecule has 124 valence electrons. The van der Waals surface area contributed by atoms with E-state index in [1.807, 2.05) is 6.92 Å². The third-order valence-electron chi connectivity index (χ3n) is 4.09. The van der Waals surface area contributed by atoms with Gasteiger partial charge in [-0.1, -0.05) is 18.2 Å². The van der Waals surface area contributed by atoms with Gasteiger partial charge in [0.15, 0.2) is 0 Å². The first-order valence-electron chi connectivity index (χ1n) is 7.81. The molecule has 0 radical (unpaired) electrons. The molecule has 0 unspecified atom stereocenters. The first kappa shape index (κ1) is 16.2. The Balaban J connectivity index is 1.64. The number of aromatic amines is 1. The van der Waals surface area contributed by atoms with Gasteiger partial charge in [0, 0.05) is 23.1 Å². The average Bonchev–Trinajstić information content (AvgIpc) is 2.85. The molecule has 24 heavy (non-hydrogen) atoms. The fourth-order valence-electron chi connectivity index (χ4n) is 2.84. The number of hydrogen-bond acceptors (Lipinski definition) is 1. The van der Waals surface area contributed by atoms with E-state index in [4.69, 9.17) is 0 Å². The third kappa shape index (κ3) is 3.45. The van der Waals surface area contributed by atoms with Crippen LogP contribution in [0.5, 0.6) is 0 Å². The van der Waals surface area contributed by atoms with Gasteiger partial charge in [-0.2, -0.15) is 0 Å². The minimum absolute atomic E-state index is 0.159. The minimum Gasteiger partial charge on any atom is -0.358 e. The van der Waals surface area contributed by atoms with Gasteiger partial charge < -0.3 is 10.3 Å². The summed E-state index contributed by atoms with van der Waals surface area (Å²) in [6, 6.07) is 11.0. The largest absolute Gasteiger partial charge is 0.358 e. The molecule has 5 heteroatoms. The Kier molecular flexibility index (Phi) is 4.60. The van der Waals surface area contributed by atoms with Crippen molar-refractivity contribution in [3.8, 4) is 0 Å². The molecular formula is C19H18F2N2O. The maximum atomic E-state index is 13.5. The van der Waals surface area contributed by atoms with E-state index in [9.17, 15) is 13.6 Å². The lowest BCUT2D eigenvalue weighted by atomic mass is 10.1. The lowest BCUT2D eigenvalue weighted by Crippen LogP contribution is -2.27. The molecule has 0 aliphatic carbocycles. The number of halogens is 2. The summed E-state index contributed by atoms with van der Waals surface area (Å²) in [6.07, 6.45) is 0.590. The topological polar surface area (TPSA) is 44.9 Å². The van der Waals surface area contributed by atoms with E-state index in [-0.39, 0.29) is 24.0 Å². The molecule has 1 aromatic heterocycles. The summed E-state index contributed by atoms with van der Waals surface area (Å²) >= 11 is 0. The summed E-state index contributed by atoms with van der Waals surface area (Å²) in [5, 5.41) is 3.51. The summed E-state index contributed by atoms with van der Waals surface area (Å²) < 4.78 is 27.0. The van der Waals surface area contributed by atoms with Crippen molar-refractivity contribution in [2.75, 3.05) is 6.54 Å². The van der Waals surface area contributed by atoms with E-state index >= 15 is 0 Å². The van der Waals surface area contributed by atoms with Crippen LogP contribution in [0.25, 0.3) is 10.9 Å². The number of benzene rings is 2. The van der Waals surface area contributed by atoms with Crippen LogP contribution in [0.2, 0.25) is 0 Å². The summed E-state index contributed by atoms with van der Waals surface area (Å²) in [5.41, 5.74) is 3.01. The Labute approximate surface area is 138 Å². The molecule has 1 heterocycles. The maximum Gasteiger partial charge on any atom is 0.224 e. The second-order valence-corrected chi connectivity index (χ2v) is 5.79. The smallest absolute Gasteiger partial charge is 0.224 e. The highest BCUT2D eigenvalue weighted by Gasteiger charge is 2.13.